The second kappa shape index (κ2) is 30.7. The van der Waals surface area contributed by atoms with E-state index in [-0.39, 0.29) is 23.0 Å². The van der Waals surface area contributed by atoms with E-state index in [1.165, 1.54) is 125 Å². The zero-order valence-electron chi connectivity index (χ0n) is 57.6. The Kier molecular flexibility index (Phi) is 23.2. The van der Waals surface area contributed by atoms with E-state index in [0.29, 0.717) is 46.9 Å². The van der Waals surface area contributed by atoms with Gasteiger partial charge in [0, 0.05) is 24.3 Å². The number of nitrogens with zero attached hydrogens (tertiary/aromatic N) is 2. The van der Waals surface area contributed by atoms with Gasteiger partial charge in [0.05, 0.1) is 34.9 Å². The minimum atomic E-state index is -0.641. The molecule has 9 nitrogen and oxygen atoms in total. The molecule has 0 bridgehead atoms. The summed E-state index contributed by atoms with van der Waals surface area (Å²) in [5.41, 5.74) is 5.85. The Bertz CT molecular complexity index is 3140. The molecular weight excluding hydrogens is 1270 g/mol. The predicted molar refractivity (Wildman–Crippen MR) is 394 cm³/mol. The summed E-state index contributed by atoms with van der Waals surface area (Å²) in [6.45, 7) is 26.0. The Balaban J connectivity index is 0.503. The summed E-state index contributed by atoms with van der Waals surface area (Å²) in [6, 6.07) is 14.7. The van der Waals surface area contributed by atoms with E-state index in [1.807, 2.05) is 59.6 Å². The van der Waals surface area contributed by atoms with Crippen molar-refractivity contribution < 1.29 is 33.3 Å². The fourth-order valence-corrected chi connectivity index (χ4v) is 28.0. The quantitative estimate of drug-likeness (QED) is 0.0328. The lowest BCUT2D eigenvalue weighted by molar-refractivity contribution is -0.0614. The Morgan fingerprint density at radius 1 is 0.538 bits per heavy atom. The number of hydrogen-bond acceptors (Lipinski definition) is 15. The fraction of sp³-hybridized carbons (Fsp3) is 0.692. The van der Waals surface area contributed by atoms with Gasteiger partial charge in [-0.05, 0) is 242 Å². The molecule has 2 aliphatic heterocycles. The second-order valence-electron chi connectivity index (χ2n) is 31.6. The molecule has 0 aromatic heterocycles. The van der Waals surface area contributed by atoms with Crippen LogP contribution in [0.25, 0.3) is 0 Å². The molecule has 0 saturated heterocycles. The summed E-state index contributed by atoms with van der Waals surface area (Å²) in [6.07, 6.45) is 31.2. The number of rotatable bonds is 24. The normalized spacial score (nSPS) is 35.1. The second-order valence-corrected chi connectivity index (χ2v) is 38.8. The van der Waals surface area contributed by atoms with Crippen molar-refractivity contribution in [3.05, 3.63) is 99.6 Å². The third-order valence-corrected chi connectivity index (χ3v) is 33.3. The van der Waals surface area contributed by atoms with Gasteiger partial charge >= 0.3 is 12.3 Å². The van der Waals surface area contributed by atoms with E-state index in [4.69, 9.17) is 23.7 Å². The molecule has 2 aromatic carbocycles. The van der Waals surface area contributed by atoms with Gasteiger partial charge in [-0.3, -0.25) is 0 Å². The predicted octanol–water partition coefficient (Wildman–Crippen LogP) is 25.1. The number of fused-ring (bicyclic) bond motifs is 10. The molecule has 8 aliphatic carbocycles. The maximum absolute atomic E-state index is 13.1. The van der Waals surface area contributed by atoms with Crippen LogP contribution in [0, 0.1) is 92.7 Å². The average molecular weight is 1380 g/mol. The Labute approximate surface area is 584 Å². The molecule has 2 heterocycles. The van der Waals surface area contributed by atoms with Gasteiger partial charge in [0.1, 0.15) is 30.3 Å². The molecule has 10 aliphatic rings. The first-order chi connectivity index (χ1) is 44.8. The van der Waals surface area contributed by atoms with Crippen molar-refractivity contribution in [2.24, 2.45) is 103 Å². The molecule has 16 atom stereocenters. The summed E-state index contributed by atoms with van der Waals surface area (Å²) < 4.78 is 34.6. The van der Waals surface area contributed by atoms with Gasteiger partial charge in [0.25, 0.3) is 0 Å². The van der Waals surface area contributed by atoms with Gasteiger partial charge in [-0.1, -0.05) is 178 Å². The van der Waals surface area contributed by atoms with Crippen molar-refractivity contribution in [1.29, 1.82) is 0 Å². The summed E-state index contributed by atoms with van der Waals surface area (Å²) >= 11 is 10.8. The monoisotopic (exact) mass is 1380 g/mol. The minimum Gasteiger partial charge on any atom is -0.493 e. The summed E-state index contributed by atoms with van der Waals surface area (Å²) in [4.78, 5) is 26.2. The summed E-state index contributed by atoms with van der Waals surface area (Å²) in [5, 5.41) is 13.3. The van der Waals surface area contributed by atoms with Gasteiger partial charge < -0.3 is 23.7 Å². The number of carbonyl (C=O) groups excluding carboxylic acids is 2. The van der Waals surface area contributed by atoms with Gasteiger partial charge in [-0.2, -0.15) is 10.2 Å². The topological polar surface area (TPSA) is 105 Å². The van der Waals surface area contributed by atoms with Gasteiger partial charge in [0.2, 0.25) is 0 Å². The van der Waals surface area contributed by atoms with Gasteiger partial charge in [0.15, 0.2) is 0 Å². The first kappa shape index (κ1) is 70.1. The number of thioether (sulfide) groups is 6. The summed E-state index contributed by atoms with van der Waals surface area (Å²) in [5.74, 6) is 12.5. The van der Waals surface area contributed by atoms with Crippen LogP contribution < -0.4 is 9.47 Å². The van der Waals surface area contributed by atoms with E-state index < -0.39 is 12.3 Å². The molecule has 0 spiro atoms. The van der Waals surface area contributed by atoms with Crippen LogP contribution in [0.5, 0.6) is 11.5 Å². The zero-order valence-corrected chi connectivity index (χ0v) is 62.5. The van der Waals surface area contributed by atoms with Crippen molar-refractivity contribution in [2.45, 2.75) is 223 Å². The van der Waals surface area contributed by atoms with Crippen molar-refractivity contribution in [3.8, 4) is 11.5 Å². The van der Waals surface area contributed by atoms with Crippen LogP contribution >= 0.6 is 70.6 Å². The van der Waals surface area contributed by atoms with Gasteiger partial charge in [-0.15, -0.1) is 23.5 Å². The highest BCUT2D eigenvalue weighted by Gasteiger charge is 2.61. The average Bonchev–Trinajstić information content (AvgIpc) is 1.71. The maximum atomic E-state index is 13.1. The van der Waals surface area contributed by atoms with Crippen LogP contribution in [-0.2, 0) is 14.2 Å². The minimum absolute atomic E-state index is 0.0913. The molecule has 0 radical (unpaired) electrons. The molecule has 2 aromatic rings. The number of benzene rings is 2. The van der Waals surface area contributed by atoms with Gasteiger partial charge in [-0.25, -0.2) is 9.59 Å². The molecule has 6 saturated carbocycles. The number of carbonyl (C=O) groups is 2. The Hall–Kier alpha value is -2.82. The van der Waals surface area contributed by atoms with Crippen molar-refractivity contribution >= 4 is 94.3 Å². The van der Waals surface area contributed by atoms with Crippen LogP contribution in [0.3, 0.4) is 0 Å². The lowest BCUT2D eigenvalue weighted by Gasteiger charge is -2.58. The first-order valence-corrected chi connectivity index (χ1v) is 41.6. The number of hydrogen-bond donors (Lipinski definition) is 0. The molecule has 12 rings (SSSR count). The molecular formula is C78H108N2O7S6. The molecule has 15 heteroatoms. The Morgan fingerprint density at radius 3 is 1.48 bits per heavy atom. The maximum Gasteiger partial charge on any atom is 0.514 e. The SMILES string of the molecule is CC(C)CCC[C@@H](C)[C@H]1CC[C@H]2[C@@H]3CC=C4CC(OC(=O)OCCSC5=CS/C(=C6\SC=C(SCCOc7ccc(N=Nc8ccc(OC(=O)OC9CC[C@@]%10(C)C(=CC[C@H]%11[C@@H]%12CC[C@H]([C@H](C)CCCC(C)C)[C@@]%12(C)CC[C@@H]%11%10)C9)cc8)cc7)S6)S5)CC[C@]4(C)[C@H]3CC[C@]12C. The third-order valence-electron chi connectivity index (χ3n) is 25.4. The first-order valence-electron chi connectivity index (χ1n) is 36.2. The van der Waals surface area contributed by atoms with E-state index in [1.54, 1.807) is 65.1 Å². The smallest absolute Gasteiger partial charge is 0.493 e. The highest BCUT2D eigenvalue weighted by atomic mass is 32.2. The summed E-state index contributed by atoms with van der Waals surface area (Å²) in [7, 11) is 0. The van der Waals surface area contributed by atoms with Crippen LogP contribution in [0.4, 0.5) is 21.0 Å². The molecule has 6 fully saturated rings. The van der Waals surface area contributed by atoms with Crippen molar-refractivity contribution in [2.75, 3.05) is 24.7 Å². The Morgan fingerprint density at radius 2 is 1.00 bits per heavy atom. The van der Waals surface area contributed by atoms with Crippen LogP contribution in [0.1, 0.15) is 210 Å². The highest BCUT2D eigenvalue weighted by Crippen LogP contribution is 2.70. The van der Waals surface area contributed by atoms with E-state index in [0.717, 1.165) is 121 Å². The van der Waals surface area contributed by atoms with E-state index in [2.05, 4.69) is 102 Å². The van der Waals surface area contributed by atoms with Crippen LogP contribution in [0.15, 0.2) is 110 Å². The van der Waals surface area contributed by atoms with Crippen LogP contribution in [0.2, 0.25) is 0 Å². The van der Waals surface area contributed by atoms with Crippen LogP contribution in [-0.4, -0.2) is 49.2 Å². The highest BCUT2D eigenvalue weighted by molar-refractivity contribution is 8.40. The lowest BCUT2D eigenvalue weighted by Crippen LogP contribution is -2.51. The third kappa shape index (κ3) is 15.9. The fourth-order valence-electron chi connectivity index (χ4n) is 20.6. The molecule has 93 heavy (non-hydrogen) atoms. The van der Waals surface area contributed by atoms with E-state index in [9.17, 15) is 9.59 Å². The number of allylic oxidation sites excluding steroid dienone is 2. The number of azo groups is 1. The molecule has 508 valence electrons. The molecule has 0 N–H and O–H groups in total. The lowest BCUT2D eigenvalue weighted by atomic mass is 9.47. The number of ether oxygens (including phenoxy) is 5. The standard InChI is InChI=1S/C78H108N2O7S6/c1-49(2)13-11-15-51(5)63-29-31-65-61-27-17-53-45-59(33-37-75(53,7)67(61)35-39-77(63,65)9)86-73(81)84-42-44-89-70-48-91-72(93-70)71-90-47-69(92-71)88-43-41-83-57-23-19-55(20-24-57)79-80-56-21-25-58(26-22-56)85-74(82)87-60-34-38-76(8)54(46-60)18-28-62-66-32-30-64(52(6)16-12-14-50(3)4)78(66,10)40-36-68(62)76/h17-26,47-52,59-68H,11-16,27-46H2,1-10H3/b72-71-,80-79?/t51-,52-,59?,60?,61+,62+,63-,64-,65+,66+,67+,68+,75+,76+,77-,78-/m1/s1. The van der Waals surface area contributed by atoms with E-state index >= 15 is 0 Å². The van der Waals surface area contributed by atoms with Crippen molar-refractivity contribution in [1.82, 2.24) is 0 Å². The molecule has 0 amide bonds. The largest absolute Gasteiger partial charge is 0.514 e. The zero-order chi connectivity index (χ0) is 65.1. The van der Waals surface area contributed by atoms with Crippen molar-refractivity contribution in [3.63, 3.8) is 0 Å². The molecule has 2 unspecified atom stereocenters.